The minimum Gasteiger partial charge on any atom is -0.497 e. The summed E-state index contributed by atoms with van der Waals surface area (Å²) < 4.78 is 11.3. The summed E-state index contributed by atoms with van der Waals surface area (Å²) in [4.78, 5) is 8.80. The largest absolute Gasteiger partial charge is 0.497 e. The van der Waals surface area contributed by atoms with Crippen LogP contribution in [-0.2, 0) is 0 Å². The molecule has 1 atom stereocenters. The molecule has 0 saturated heterocycles. The second kappa shape index (κ2) is 8.49. The van der Waals surface area contributed by atoms with E-state index in [1.807, 2.05) is 36.5 Å². The second-order valence-corrected chi connectivity index (χ2v) is 8.01. The maximum atomic E-state index is 10.5. The molecule has 4 aromatic rings. The molecule has 0 spiro atoms. The van der Waals surface area contributed by atoms with Gasteiger partial charge in [-0.05, 0) is 48.4 Å². The predicted octanol–water partition coefficient (Wildman–Crippen LogP) is 4.19. The summed E-state index contributed by atoms with van der Waals surface area (Å²) in [5, 5.41) is 12.7. The van der Waals surface area contributed by atoms with Gasteiger partial charge in [0.1, 0.15) is 24.2 Å². The van der Waals surface area contributed by atoms with Gasteiger partial charge in [0.15, 0.2) is 0 Å². The summed E-state index contributed by atoms with van der Waals surface area (Å²) in [5.41, 5.74) is 4.72. The van der Waals surface area contributed by atoms with E-state index < -0.39 is 6.10 Å². The smallest absolute Gasteiger partial charge is 0.128 e. The number of fused-ring (bicyclic) bond motifs is 2. The Morgan fingerprint density at radius 3 is 2.84 bits per heavy atom. The lowest BCUT2D eigenvalue weighted by atomic mass is 9.98. The van der Waals surface area contributed by atoms with Crippen LogP contribution in [0.5, 0.6) is 11.5 Å². The topological polar surface area (TPSA) is 73.5 Å². The summed E-state index contributed by atoms with van der Waals surface area (Å²) in [6, 6.07) is 14.0. The quantitative estimate of drug-likeness (QED) is 0.422. The molecule has 6 heteroatoms. The maximum Gasteiger partial charge on any atom is 0.128 e. The van der Waals surface area contributed by atoms with Gasteiger partial charge < -0.3 is 24.5 Å². The van der Waals surface area contributed by atoms with E-state index in [1.54, 1.807) is 7.11 Å². The second-order valence-electron chi connectivity index (χ2n) is 8.01. The van der Waals surface area contributed by atoms with E-state index in [0.29, 0.717) is 6.54 Å². The zero-order chi connectivity index (χ0) is 21.2. The Morgan fingerprint density at radius 2 is 2.00 bits per heavy atom. The third-order valence-corrected chi connectivity index (χ3v) is 5.98. The Kier molecular flexibility index (Phi) is 5.40. The van der Waals surface area contributed by atoms with Gasteiger partial charge in [0.2, 0.25) is 0 Å². The number of ether oxygens (including phenoxy) is 2. The van der Waals surface area contributed by atoms with E-state index in [2.05, 4.69) is 39.3 Å². The van der Waals surface area contributed by atoms with Crippen LogP contribution in [0.2, 0.25) is 0 Å². The maximum absolute atomic E-state index is 10.5. The monoisotopic (exact) mass is 417 g/mol. The van der Waals surface area contributed by atoms with Gasteiger partial charge in [0, 0.05) is 59.4 Å². The van der Waals surface area contributed by atoms with Gasteiger partial charge in [0.05, 0.1) is 7.11 Å². The number of aliphatic hydroxyl groups excluding tert-OH is 1. The Morgan fingerprint density at radius 1 is 1.10 bits per heavy atom. The Hall–Kier alpha value is -3.22. The number of aromatic nitrogens is 2. The molecule has 160 valence electrons. The number of nitrogens with one attached hydrogen (secondary N) is 2. The van der Waals surface area contributed by atoms with Crippen LogP contribution < -0.4 is 9.47 Å². The van der Waals surface area contributed by atoms with Crippen molar-refractivity contribution in [2.75, 3.05) is 33.4 Å². The summed E-state index contributed by atoms with van der Waals surface area (Å²) in [6.07, 6.45) is 6.65. The van der Waals surface area contributed by atoms with Gasteiger partial charge in [-0.3, -0.25) is 4.90 Å². The molecule has 0 saturated carbocycles. The summed E-state index contributed by atoms with van der Waals surface area (Å²) >= 11 is 0. The van der Waals surface area contributed by atoms with Crippen molar-refractivity contribution in [3.63, 3.8) is 0 Å². The Balaban J connectivity index is 1.20. The number of benzene rings is 2. The van der Waals surface area contributed by atoms with Crippen molar-refractivity contribution in [1.29, 1.82) is 0 Å². The summed E-state index contributed by atoms with van der Waals surface area (Å²) in [7, 11) is 1.69. The van der Waals surface area contributed by atoms with Gasteiger partial charge in [-0.25, -0.2) is 0 Å². The van der Waals surface area contributed by atoms with E-state index in [9.17, 15) is 5.11 Å². The lowest BCUT2D eigenvalue weighted by Crippen LogP contribution is -2.38. The molecule has 0 bridgehead atoms. The number of H-pyrrole nitrogens is 2. The van der Waals surface area contributed by atoms with Crippen LogP contribution in [-0.4, -0.2) is 59.4 Å². The van der Waals surface area contributed by atoms with Crippen molar-refractivity contribution in [3.8, 4) is 11.5 Å². The number of aliphatic hydroxyl groups is 1. The molecule has 3 heterocycles. The molecule has 31 heavy (non-hydrogen) atoms. The van der Waals surface area contributed by atoms with Gasteiger partial charge in [-0.15, -0.1) is 0 Å². The van der Waals surface area contributed by atoms with E-state index in [0.717, 1.165) is 47.4 Å². The molecule has 0 unspecified atom stereocenters. The highest BCUT2D eigenvalue weighted by Gasteiger charge is 2.19. The van der Waals surface area contributed by atoms with Crippen LogP contribution >= 0.6 is 0 Å². The molecule has 0 amide bonds. The van der Waals surface area contributed by atoms with Crippen molar-refractivity contribution >= 4 is 27.4 Å². The molecule has 2 aromatic carbocycles. The zero-order valence-electron chi connectivity index (χ0n) is 17.6. The highest BCUT2D eigenvalue weighted by atomic mass is 16.5. The fourth-order valence-electron chi connectivity index (χ4n) is 4.33. The van der Waals surface area contributed by atoms with Gasteiger partial charge >= 0.3 is 0 Å². The highest BCUT2D eigenvalue weighted by molar-refractivity contribution is 5.93. The van der Waals surface area contributed by atoms with Crippen LogP contribution in [0.3, 0.4) is 0 Å². The summed E-state index contributed by atoms with van der Waals surface area (Å²) in [5.74, 6) is 1.67. The van der Waals surface area contributed by atoms with Gasteiger partial charge in [0.25, 0.3) is 0 Å². The summed E-state index contributed by atoms with van der Waals surface area (Å²) in [6.45, 7) is 2.59. The van der Waals surface area contributed by atoms with E-state index in [4.69, 9.17) is 9.47 Å². The lowest BCUT2D eigenvalue weighted by molar-refractivity contribution is 0.0722. The first kappa shape index (κ1) is 19.7. The van der Waals surface area contributed by atoms with Crippen LogP contribution in [0.1, 0.15) is 12.0 Å². The molecule has 6 nitrogen and oxygen atoms in total. The van der Waals surface area contributed by atoms with Gasteiger partial charge in [-0.2, -0.15) is 0 Å². The molecule has 0 radical (unpaired) electrons. The number of methoxy groups -OCH3 is 1. The van der Waals surface area contributed by atoms with Crippen LogP contribution in [0, 0.1) is 0 Å². The highest BCUT2D eigenvalue weighted by Crippen LogP contribution is 2.31. The molecule has 5 rings (SSSR count). The van der Waals surface area contributed by atoms with E-state index in [1.165, 1.54) is 16.5 Å². The SMILES string of the molecule is COc1ccc2[nH]cc(C3=CCN(C[C@H](O)COc4cccc5[nH]ccc45)CC3)c2c1. The number of nitrogens with zero attached hydrogens (tertiary/aromatic N) is 1. The average molecular weight is 418 g/mol. The van der Waals surface area contributed by atoms with Crippen molar-refractivity contribution in [1.82, 2.24) is 14.9 Å². The fraction of sp³-hybridized carbons (Fsp3) is 0.280. The number of hydrogen-bond acceptors (Lipinski definition) is 4. The minimum absolute atomic E-state index is 0.277. The Labute approximate surface area is 181 Å². The molecular formula is C25H27N3O3. The van der Waals surface area contributed by atoms with E-state index in [-0.39, 0.29) is 6.61 Å². The zero-order valence-corrected chi connectivity index (χ0v) is 17.6. The van der Waals surface area contributed by atoms with E-state index >= 15 is 0 Å². The molecule has 1 aliphatic rings. The molecule has 3 N–H and O–H groups in total. The number of aromatic amines is 2. The lowest BCUT2D eigenvalue weighted by Gasteiger charge is -2.28. The first-order valence-electron chi connectivity index (χ1n) is 10.6. The number of β-amino-alcohol motifs (C(OH)–C–C–N with tert-alkyl or cyclic N) is 1. The average Bonchev–Trinajstić information content (AvgIpc) is 3.45. The van der Waals surface area contributed by atoms with Crippen LogP contribution in [0.25, 0.3) is 27.4 Å². The molecule has 0 aliphatic carbocycles. The Bertz CT molecular complexity index is 1220. The van der Waals surface area contributed by atoms with Crippen LogP contribution in [0.4, 0.5) is 0 Å². The van der Waals surface area contributed by atoms with Gasteiger partial charge in [-0.1, -0.05) is 12.1 Å². The predicted molar refractivity (Wildman–Crippen MR) is 124 cm³/mol. The van der Waals surface area contributed by atoms with Crippen molar-refractivity contribution in [2.45, 2.75) is 12.5 Å². The number of hydrogen-bond donors (Lipinski definition) is 3. The standard InChI is InChI=1S/C25H27N3O3/c1-30-19-5-6-24-21(13-19)22(14-27-24)17-8-11-28(12-9-17)15-18(29)16-31-25-4-2-3-23-20(25)7-10-26-23/h2-8,10,13-14,18,26-27,29H,9,11-12,15-16H2,1H3/t18-/m0/s1. The van der Waals surface area contributed by atoms with Crippen molar-refractivity contribution < 1.29 is 14.6 Å². The van der Waals surface area contributed by atoms with Crippen molar-refractivity contribution in [3.05, 3.63) is 66.5 Å². The normalized spacial score (nSPS) is 15.9. The molecule has 1 aliphatic heterocycles. The minimum atomic E-state index is -0.540. The fourth-order valence-corrected chi connectivity index (χ4v) is 4.33. The first-order valence-corrected chi connectivity index (χ1v) is 10.6. The van der Waals surface area contributed by atoms with Crippen molar-refractivity contribution in [2.24, 2.45) is 0 Å². The first-order chi connectivity index (χ1) is 15.2. The number of rotatable bonds is 7. The molecule has 2 aromatic heterocycles. The third kappa shape index (κ3) is 4.04. The molecular weight excluding hydrogens is 390 g/mol. The van der Waals surface area contributed by atoms with Crippen LogP contribution in [0.15, 0.2) is 60.9 Å². The molecule has 0 fully saturated rings. The third-order valence-electron chi connectivity index (χ3n) is 5.98.